The van der Waals surface area contributed by atoms with Crippen LogP contribution in [0.1, 0.15) is 11.1 Å². The predicted molar refractivity (Wildman–Crippen MR) is 228 cm³/mol. The Labute approximate surface area is 311 Å². The molecule has 3 heterocycles. The molecule has 8 aromatic carbocycles. The molecule has 0 amide bonds. The van der Waals surface area contributed by atoms with Gasteiger partial charge < -0.3 is 9.13 Å². The standard InChI is InChI=1S/C50H34N2S/c1-31-13-3-4-15-35(31)49-32(2)14-11-21-45(49)51-41-19-8-5-16-36(41)39-29-33(25-27-43(39)51)34-26-28-44-40(30-34)37-17-6-9-20-42(37)52(44)46-22-12-24-48-50(46)38-18-7-10-23-47(38)53-48/h3-30H,1-2H3. The first-order valence-electron chi connectivity index (χ1n) is 18.3. The molecule has 0 radical (unpaired) electrons. The summed E-state index contributed by atoms with van der Waals surface area (Å²) in [6.07, 6.45) is 0. The molecule has 0 fully saturated rings. The molecule has 250 valence electrons. The monoisotopic (exact) mass is 694 g/mol. The van der Waals surface area contributed by atoms with Crippen molar-refractivity contribution in [3.8, 4) is 33.6 Å². The minimum atomic E-state index is 1.21. The Balaban J connectivity index is 1.12. The number of aromatic nitrogens is 2. The molecule has 0 aliphatic heterocycles. The second-order valence-electron chi connectivity index (χ2n) is 14.2. The van der Waals surface area contributed by atoms with E-state index < -0.39 is 0 Å². The van der Waals surface area contributed by atoms with Crippen LogP contribution in [0, 0.1) is 13.8 Å². The average molecular weight is 695 g/mol. The average Bonchev–Trinajstić information content (AvgIpc) is 3.85. The highest BCUT2D eigenvalue weighted by atomic mass is 32.1. The topological polar surface area (TPSA) is 9.86 Å². The van der Waals surface area contributed by atoms with Crippen molar-refractivity contribution in [3.63, 3.8) is 0 Å². The highest BCUT2D eigenvalue weighted by Crippen LogP contribution is 2.43. The summed E-state index contributed by atoms with van der Waals surface area (Å²) in [6, 6.07) is 62.7. The van der Waals surface area contributed by atoms with Crippen LogP contribution in [0.4, 0.5) is 0 Å². The summed E-state index contributed by atoms with van der Waals surface area (Å²) < 4.78 is 7.58. The molecule has 2 nitrogen and oxygen atoms in total. The van der Waals surface area contributed by atoms with Crippen molar-refractivity contribution in [1.29, 1.82) is 0 Å². The van der Waals surface area contributed by atoms with E-state index in [4.69, 9.17) is 0 Å². The van der Waals surface area contributed by atoms with Gasteiger partial charge in [0.15, 0.2) is 0 Å². The Morgan fingerprint density at radius 3 is 1.58 bits per heavy atom. The van der Waals surface area contributed by atoms with E-state index in [1.54, 1.807) is 0 Å². The number of benzene rings is 8. The van der Waals surface area contributed by atoms with Crippen LogP contribution in [0.15, 0.2) is 170 Å². The Morgan fingerprint density at radius 2 is 0.887 bits per heavy atom. The van der Waals surface area contributed by atoms with Gasteiger partial charge in [0, 0.05) is 47.3 Å². The first kappa shape index (κ1) is 30.2. The molecule has 11 aromatic rings. The van der Waals surface area contributed by atoms with Gasteiger partial charge in [0.2, 0.25) is 0 Å². The molecular weight excluding hydrogens is 661 g/mol. The van der Waals surface area contributed by atoms with Crippen molar-refractivity contribution in [2.45, 2.75) is 13.8 Å². The third kappa shape index (κ3) is 4.44. The lowest BCUT2D eigenvalue weighted by molar-refractivity contribution is 1.17. The predicted octanol–water partition coefficient (Wildman–Crippen LogP) is 14.2. The van der Waals surface area contributed by atoms with Crippen LogP contribution >= 0.6 is 11.3 Å². The molecule has 0 aliphatic carbocycles. The summed E-state index contributed by atoms with van der Waals surface area (Å²) in [5, 5.41) is 7.68. The normalized spacial score (nSPS) is 12.0. The van der Waals surface area contributed by atoms with E-state index in [1.165, 1.54) is 109 Å². The maximum atomic E-state index is 2.47. The lowest BCUT2D eigenvalue weighted by atomic mass is 9.94. The van der Waals surface area contributed by atoms with Gasteiger partial charge in [-0.1, -0.05) is 109 Å². The molecule has 0 aliphatic rings. The third-order valence-electron chi connectivity index (χ3n) is 11.2. The molecule has 0 saturated carbocycles. The van der Waals surface area contributed by atoms with E-state index in [9.17, 15) is 0 Å². The fraction of sp³-hybridized carbons (Fsp3) is 0.0400. The number of nitrogens with zero attached hydrogens (tertiary/aromatic N) is 2. The fourth-order valence-corrected chi connectivity index (χ4v) is 9.94. The second kappa shape index (κ2) is 11.5. The molecule has 0 unspecified atom stereocenters. The van der Waals surface area contributed by atoms with Crippen LogP contribution in [-0.4, -0.2) is 9.13 Å². The molecule has 0 saturated heterocycles. The SMILES string of the molecule is Cc1ccccc1-c1c(C)cccc1-n1c2ccccc2c2cc(-c3ccc4c(c3)c3ccccc3n4-c3cccc4sc5ccccc5c34)ccc21. The third-order valence-corrected chi connectivity index (χ3v) is 12.3. The lowest BCUT2D eigenvalue weighted by Crippen LogP contribution is -2.00. The van der Waals surface area contributed by atoms with Gasteiger partial charge in [-0.15, -0.1) is 11.3 Å². The summed E-state index contributed by atoms with van der Waals surface area (Å²) in [7, 11) is 0. The molecule has 3 aromatic heterocycles. The van der Waals surface area contributed by atoms with E-state index in [1.807, 2.05) is 11.3 Å². The molecule has 0 bridgehead atoms. The van der Waals surface area contributed by atoms with Gasteiger partial charge in [-0.3, -0.25) is 0 Å². The summed E-state index contributed by atoms with van der Waals surface area (Å²) in [5.41, 5.74) is 14.9. The lowest BCUT2D eigenvalue weighted by Gasteiger charge is -2.18. The largest absolute Gasteiger partial charge is 0.309 e. The molecule has 0 N–H and O–H groups in total. The van der Waals surface area contributed by atoms with Gasteiger partial charge in [0.1, 0.15) is 0 Å². The molecule has 0 spiro atoms. The zero-order chi connectivity index (χ0) is 35.2. The van der Waals surface area contributed by atoms with Gasteiger partial charge in [0.25, 0.3) is 0 Å². The van der Waals surface area contributed by atoms with Gasteiger partial charge in [-0.05, 0) is 102 Å². The molecule has 3 heteroatoms. The number of hydrogen-bond donors (Lipinski definition) is 0. The van der Waals surface area contributed by atoms with E-state index in [0.29, 0.717) is 0 Å². The smallest absolute Gasteiger partial charge is 0.0555 e. The van der Waals surface area contributed by atoms with Crippen molar-refractivity contribution in [3.05, 3.63) is 181 Å². The Bertz CT molecular complexity index is 3260. The van der Waals surface area contributed by atoms with Crippen molar-refractivity contribution < 1.29 is 0 Å². The molecular formula is C50H34N2S. The van der Waals surface area contributed by atoms with Gasteiger partial charge >= 0.3 is 0 Å². The van der Waals surface area contributed by atoms with E-state index in [2.05, 4.69) is 193 Å². The second-order valence-corrected chi connectivity index (χ2v) is 15.3. The molecule has 0 atom stereocenters. The summed E-state index contributed by atoms with van der Waals surface area (Å²) >= 11 is 1.87. The highest BCUT2D eigenvalue weighted by Gasteiger charge is 2.20. The minimum absolute atomic E-state index is 1.21. The first-order chi connectivity index (χ1) is 26.1. The first-order valence-corrected chi connectivity index (χ1v) is 19.1. The number of hydrogen-bond acceptors (Lipinski definition) is 1. The van der Waals surface area contributed by atoms with Crippen molar-refractivity contribution in [2.75, 3.05) is 0 Å². The zero-order valence-corrected chi connectivity index (χ0v) is 30.3. The van der Waals surface area contributed by atoms with E-state index >= 15 is 0 Å². The van der Waals surface area contributed by atoms with Crippen molar-refractivity contribution in [1.82, 2.24) is 9.13 Å². The quantitative estimate of drug-likeness (QED) is 0.174. The summed E-state index contributed by atoms with van der Waals surface area (Å²) in [5.74, 6) is 0. The zero-order valence-electron chi connectivity index (χ0n) is 29.5. The van der Waals surface area contributed by atoms with E-state index in [0.717, 1.165) is 0 Å². The Morgan fingerprint density at radius 1 is 0.377 bits per heavy atom. The maximum Gasteiger partial charge on any atom is 0.0555 e. The van der Waals surface area contributed by atoms with Crippen LogP contribution in [-0.2, 0) is 0 Å². The molecule has 11 rings (SSSR count). The number of thiophene rings is 1. The van der Waals surface area contributed by atoms with Gasteiger partial charge in [-0.25, -0.2) is 0 Å². The van der Waals surface area contributed by atoms with Crippen molar-refractivity contribution in [2.24, 2.45) is 0 Å². The van der Waals surface area contributed by atoms with E-state index in [-0.39, 0.29) is 0 Å². The highest BCUT2D eigenvalue weighted by molar-refractivity contribution is 7.25. The number of rotatable bonds is 4. The van der Waals surface area contributed by atoms with Gasteiger partial charge in [-0.2, -0.15) is 0 Å². The fourth-order valence-electron chi connectivity index (χ4n) is 8.81. The van der Waals surface area contributed by atoms with Crippen LogP contribution in [0.3, 0.4) is 0 Å². The van der Waals surface area contributed by atoms with Crippen LogP contribution in [0.25, 0.3) is 97.4 Å². The van der Waals surface area contributed by atoms with Gasteiger partial charge in [0.05, 0.1) is 33.4 Å². The summed E-state index contributed by atoms with van der Waals surface area (Å²) in [4.78, 5) is 0. The summed E-state index contributed by atoms with van der Waals surface area (Å²) in [6.45, 7) is 4.44. The van der Waals surface area contributed by atoms with Crippen LogP contribution in [0.2, 0.25) is 0 Å². The number of fused-ring (bicyclic) bond motifs is 9. The van der Waals surface area contributed by atoms with Crippen molar-refractivity contribution >= 4 is 75.1 Å². The minimum Gasteiger partial charge on any atom is -0.309 e. The number of para-hydroxylation sites is 2. The Kier molecular flexibility index (Phi) is 6.58. The maximum absolute atomic E-state index is 2.47. The molecule has 53 heavy (non-hydrogen) atoms. The Hall–Kier alpha value is -6.42. The number of aryl methyl sites for hydroxylation is 2. The van der Waals surface area contributed by atoms with Crippen LogP contribution in [0.5, 0.6) is 0 Å². The van der Waals surface area contributed by atoms with Crippen LogP contribution < -0.4 is 0 Å².